The maximum atomic E-state index is 5.97. The molecule has 1 nitrogen and oxygen atoms in total. The Morgan fingerprint density at radius 2 is 2.25 bits per heavy atom. The van der Waals surface area contributed by atoms with Crippen molar-refractivity contribution in [2.75, 3.05) is 6.61 Å². The summed E-state index contributed by atoms with van der Waals surface area (Å²) in [5.74, 6) is 0.969. The highest BCUT2D eigenvalue weighted by Crippen LogP contribution is 2.30. The van der Waals surface area contributed by atoms with Crippen LogP contribution in [0, 0.1) is 6.92 Å². The summed E-state index contributed by atoms with van der Waals surface area (Å²) >= 11 is 5.97. The fourth-order valence-corrected chi connectivity index (χ4v) is 1.65. The van der Waals surface area contributed by atoms with Gasteiger partial charge >= 0.3 is 0 Å². The fraction of sp³-hybridized carbons (Fsp3) is 0.400. The molecule has 0 radical (unpaired) electrons. The summed E-state index contributed by atoms with van der Waals surface area (Å²) in [7, 11) is 0. The number of fused-ring (bicyclic) bond motifs is 1. The zero-order valence-electron chi connectivity index (χ0n) is 7.06. The molecule has 0 unspecified atom stereocenters. The van der Waals surface area contributed by atoms with Crippen molar-refractivity contribution in [3.8, 4) is 5.75 Å². The van der Waals surface area contributed by atoms with Crippen molar-refractivity contribution in [1.29, 1.82) is 0 Å². The maximum Gasteiger partial charge on any atom is 0.123 e. The average molecular weight is 183 g/mol. The van der Waals surface area contributed by atoms with E-state index in [0.717, 1.165) is 35.8 Å². The molecular weight excluding hydrogens is 172 g/mol. The lowest BCUT2D eigenvalue weighted by Gasteiger charge is -2.17. The number of benzene rings is 1. The van der Waals surface area contributed by atoms with Crippen molar-refractivity contribution >= 4 is 11.6 Å². The van der Waals surface area contributed by atoms with Crippen molar-refractivity contribution in [2.45, 2.75) is 19.8 Å². The Balaban J connectivity index is 2.49. The molecule has 1 aromatic carbocycles. The minimum absolute atomic E-state index is 0.802. The van der Waals surface area contributed by atoms with Gasteiger partial charge in [0.05, 0.1) is 6.61 Å². The van der Waals surface area contributed by atoms with Gasteiger partial charge in [-0.3, -0.25) is 0 Å². The number of halogens is 1. The van der Waals surface area contributed by atoms with E-state index >= 15 is 0 Å². The summed E-state index contributed by atoms with van der Waals surface area (Å²) in [6.07, 6.45) is 2.24. The first-order chi connectivity index (χ1) is 5.77. The molecule has 0 atom stereocenters. The molecule has 12 heavy (non-hydrogen) atoms. The van der Waals surface area contributed by atoms with Gasteiger partial charge < -0.3 is 4.74 Å². The lowest BCUT2D eigenvalue weighted by Crippen LogP contribution is -2.08. The van der Waals surface area contributed by atoms with Crippen molar-refractivity contribution in [1.82, 2.24) is 0 Å². The second-order valence-electron chi connectivity index (χ2n) is 3.16. The number of rotatable bonds is 0. The number of ether oxygens (including phenoxy) is 1. The molecule has 0 saturated carbocycles. The molecule has 0 saturated heterocycles. The number of hydrogen-bond donors (Lipinski definition) is 0. The summed E-state index contributed by atoms with van der Waals surface area (Å²) in [5.41, 5.74) is 2.43. The third-order valence-electron chi connectivity index (χ3n) is 2.19. The van der Waals surface area contributed by atoms with E-state index in [1.807, 2.05) is 13.0 Å². The van der Waals surface area contributed by atoms with Crippen LogP contribution in [-0.4, -0.2) is 6.61 Å². The minimum Gasteiger partial charge on any atom is -0.493 e. The smallest absolute Gasteiger partial charge is 0.123 e. The van der Waals surface area contributed by atoms with Crippen LogP contribution in [-0.2, 0) is 6.42 Å². The van der Waals surface area contributed by atoms with E-state index in [-0.39, 0.29) is 0 Å². The van der Waals surface area contributed by atoms with Crippen molar-refractivity contribution in [3.63, 3.8) is 0 Å². The third kappa shape index (κ3) is 1.29. The molecule has 64 valence electrons. The van der Waals surface area contributed by atoms with E-state index in [4.69, 9.17) is 16.3 Å². The van der Waals surface area contributed by atoms with Gasteiger partial charge in [-0.05, 0) is 37.0 Å². The van der Waals surface area contributed by atoms with Crippen LogP contribution < -0.4 is 4.74 Å². The Labute approximate surface area is 77.3 Å². The molecular formula is C10H11ClO. The zero-order chi connectivity index (χ0) is 8.55. The summed E-state index contributed by atoms with van der Waals surface area (Å²) in [5, 5.41) is 0.802. The summed E-state index contributed by atoms with van der Waals surface area (Å²) in [4.78, 5) is 0. The second kappa shape index (κ2) is 2.98. The highest BCUT2D eigenvalue weighted by Gasteiger charge is 2.11. The van der Waals surface area contributed by atoms with E-state index < -0.39 is 0 Å². The first-order valence-electron chi connectivity index (χ1n) is 4.19. The quantitative estimate of drug-likeness (QED) is 0.600. The Morgan fingerprint density at radius 3 is 3.08 bits per heavy atom. The highest BCUT2D eigenvalue weighted by molar-refractivity contribution is 6.31. The Hall–Kier alpha value is -0.690. The van der Waals surface area contributed by atoms with Crippen LogP contribution >= 0.6 is 11.6 Å². The van der Waals surface area contributed by atoms with Gasteiger partial charge in [0.15, 0.2) is 0 Å². The SMILES string of the molecule is Cc1cc2c(cc1Cl)OCCC2. The summed E-state index contributed by atoms with van der Waals surface area (Å²) in [6.45, 7) is 2.85. The molecule has 0 spiro atoms. The van der Waals surface area contributed by atoms with Gasteiger partial charge in [0.1, 0.15) is 5.75 Å². The fourth-order valence-electron chi connectivity index (χ4n) is 1.50. The first-order valence-corrected chi connectivity index (χ1v) is 4.57. The van der Waals surface area contributed by atoms with Crippen molar-refractivity contribution in [2.24, 2.45) is 0 Å². The molecule has 0 bridgehead atoms. The van der Waals surface area contributed by atoms with Gasteiger partial charge in [-0.1, -0.05) is 17.7 Å². The second-order valence-corrected chi connectivity index (χ2v) is 3.57. The molecule has 2 rings (SSSR count). The van der Waals surface area contributed by atoms with Gasteiger partial charge in [0.2, 0.25) is 0 Å². The van der Waals surface area contributed by atoms with Gasteiger partial charge in [0.25, 0.3) is 0 Å². The third-order valence-corrected chi connectivity index (χ3v) is 2.60. The molecule has 1 aliphatic heterocycles. The minimum atomic E-state index is 0.802. The average Bonchev–Trinajstić information content (AvgIpc) is 2.07. The van der Waals surface area contributed by atoms with Crippen LogP contribution in [0.15, 0.2) is 12.1 Å². The molecule has 0 N–H and O–H groups in total. The van der Waals surface area contributed by atoms with Gasteiger partial charge in [-0.15, -0.1) is 0 Å². The van der Waals surface area contributed by atoms with Gasteiger partial charge in [-0.2, -0.15) is 0 Å². The normalized spacial score (nSPS) is 15.2. The molecule has 1 aliphatic rings. The number of aryl methyl sites for hydroxylation is 2. The van der Waals surface area contributed by atoms with Crippen LogP contribution in [0.1, 0.15) is 17.5 Å². The Bertz CT molecular complexity index is 276. The van der Waals surface area contributed by atoms with Crippen LogP contribution in [0.2, 0.25) is 5.02 Å². The van der Waals surface area contributed by atoms with Gasteiger partial charge in [0, 0.05) is 5.02 Å². The van der Waals surface area contributed by atoms with Crippen molar-refractivity contribution in [3.05, 3.63) is 28.3 Å². The lowest BCUT2D eigenvalue weighted by atomic mass is 10.0. The predicted molar refractivity (Wildman–Crippen MR) is 50.0 cm³/mol. The predicted octanol–water partition coefficient (Wildman–Crippen LogP) is 2.97. The molecule has 0 aromatic heterocycles. The van der Waals surface area contributed by atoms with E-state index in [2.05, 4.69) is 6.07 Å². The highest BCUT2D eigenvalue weighted by atomic mass is 35.5. The van der Waals surface area contributed by atoms with Crippen LogP contribution in [0.5, 0.6) is 5.75 Å². The van der Waals surface area contributed by atoms with E-state index in [1.165, 1.54) is 5.56 Å². The van der Waals surface area contributed by atoms with Crippen LogP contribution in [0.4, 0.5) is 0 Å². The molecule has 0 amide bonds. The molecule has 0 fully saturated rings. The monoisotopic (exact) mass is 182 g/mol. The maximum absolute atomic E-state index is 5.97. The zero-order valence-corrected chi connectivity index (χ0v) is 7.82. The van der Waals surface area contributed by atoms with Gasteiger partial charge in [-0.25, -0.2) is 0 Å². The largest absolute Gasteiger partial charge is 0.493 e. The van der Waals surface area contributed by atoms with Crippen molar-refractivity contribution < 1.29 is 4.74 Å². The summed E-state index contributed by atoms with van der Waals surface area (Å²) < 4.78 is 5.47. The van der Waals surface area contributed by atoms with Crippen LogP contribution in [0.3, 0.4) is 0 Å². The molecule has 1 aromatic rings. The van der Waals surface area contributed by atoms with Crippen LogP contribution in [0.25, 0.3) is 0 Å². The molecule has 2 heteroatoms. The number of hydrogen-bond acceptors (Lipinski definition) is 1. The van der Waals surface area contributed by atoms with E-state index in [0.29, 0.717) is 0 Å². The molecule has 1 heterocycles. The topological polar surface area (TPSA) is 9.23 Å². The Kier molecular flexibility index (Phi) is 1.97. The Morgan fingerprint density at radius 1 is 1.42 bits per heavy atom. The lowest BCUT2D eigenvalue weighted by molar-refractivity contribution is 0.288. The van der Waals surface area contributed by atoms with E-state index in [1.54, 1.807) is 0 Å². The van der Waals surface area contributed by atoms with E-state index in [9.17, 15) is 0 Å². The molecule has 0 aliphatic carbocycles. The first kappa shape index (κ1) is 7.93. The summed E-state index contributed by atoms with van der Waals surface area (Å²) in [6, 6.07) is 4.04. The standard InChI is InChI=1S/C10H11ClO/c1-7-5-8-3-2-4-12-10(8)6-9(7)11/h5-6H,2-4H2,1H3.